The van der Waals surface area contributed by atoms with E-state index < -0.39 is 4.92 Å². The van der Waals surface area contributed by atoms with Gasteiger partial charge in [-0.05, 0) is 35.9 Å². The Morgan fingerprint density at radius 2 is 2.05 bits per heavy atom. The van der Waals surface area contributed by atoms with Crippen molar-refractivity contribution in [3.8, 4) is 5.75 Å². The van der Waals surface area contributed by atoms with E-state index in [4.69, 9.17) is 4.74 Å². The minimum atomic E-state index is -0.503. The molecule has 0 aliphatic carbocycles. The van der Waals surface area contributed by atoms with Crippen LogP contribution in [-0.2, 0) is 0 Å². The van der Waals surface area contributed by atoms with E-state index in [9.17, 15) is 10.1 Å². The van der Waals surface area contributed by atoms with E-state index in [1.807, 2.05) is 24.3 Å². The van der Waals surface area contributed by atoms with Gasteiger partial charge in [-0.3, -0.25) is 15.5 Å². The number of nitrogens with one attached hydrogen (secondary N) is 1. The van der Waals surface area contributed by atoms with Crippen molar-refractivity contribution < 1.29 is 9.66 Å². The maximum absolute atomic E-state index is 10.5. The molecule has 0 amide bonds. The van der Waals surface area contributed by atoms with Gasteiger partial charge in [0, 0.05) is 6.07 Å². The van der Waals surface area contributed by atoms with Crippen LogP contribution in [0.4, 0.5) is 11.5 Å². The zero-order valence-corrected chi connectivity index (χ0v) is 10.7. The second-order valence-corrected chi connectivity index (χ2v) is 3.80. The molecule has 0 aliphatic heterocycles. The quantitative estimate of drug-likeness (QED) is 0.513. The Morgan fingerprint density at radius 3 is 2.60 bits per heavy atom. The molecule has 2 rings (SSSR count). The summed E-state index contributed by atoms with van der Waals surface area (Å²) in [5.74, 6) is 1.20. The second kappa shape index (κ2) is 6.28. The smallest absolute Gasteiger partial charge is 0.287 e. The molecule has 2 aromatic rings. The van der Waals surface area contributed by atoms with E-state index in [1.54, 1.807) is 13.3 Å². The fraction of sp³-hybridized carbons (Fsp3) is 0.0769. The lowest BCUT2D eigenvalue weighted by atomic mass is 10.2. The molecule has 0 spiro atoms. The molecule has 1 aromatic heterocycles. The molecule has 0 fully saturated rings. The first-order valence-corrected chi connectivity index (χ1v) is 5.72. The molecule has 0 saturated heterocycles. The van der Waals surface area contributed by atoms with Crippen LogP contribution < -0.4 is 10.2 Å². The summed E-state index contributed by atoms with van der Waals surface area (Å²) in [6, 6.07) is 10.2. The van der Waals surface area contributed by atoms with Crippen molar-refractivity contribution in [3.63, 3.8) is 0 Å². The Kier molecular flexibility index (Phi) is 4.23. The van der Waals surface area contributed by atoms with Gasteiger partial charge < -0.3 is 4.74 Å². The molecule has 7 nitrogen and oxygen atoms in total. The minimum Gasteiger partial charge on any atom is -0.497 e. The molecule has 0 saturated carbocycles. The van der Waals surface area contributed by atoms with E-state index in [0.29, 0.717) is 5.82 Å². The SMILES string of the molecule is COc1ccc(/C=N/Nc2ccc([N+](=O)[O-])cn2)cc1. The van der Waals surface area contributed by atoms with Gasteiger partial charge in [0.05, 0.1) is 18.2 Å². The van der Waals surface area contributed by atoms with Gasteiger partial charge >= 0.3 is 0 Å². The normalized spacial score (nSPS) is 10.4. The van der Waals surface area contributed by atoms with Crippen molar-refractivity contribution in [1.29, 1.82) is 0 Å². The van der Waals surface area contributed by atoms with Crippen LogP contribution in [0.25, 0.3) is 0 Å². The number of ether oxygens (including phenoxy) is 1. The minimum absolute atomic E-state index is 0.0605. The summed E-state index contributed by atoms with van der Waals surface area (Å²) < 4.78 is 5.05. The molecule has 1 aromatic carbocycles. The Balaban J connectivity index is 1.96. The number of hydrogen-bond acceptors (Lipinski definition) is 6. The third-order valence-electron chi connectivity index (χ3n) is 2.47. The Bertz CT molecular complexity index is 609. The fourth-order valence-corrected chi connectivity index (χ4v) is 1.42. The van der Waals surface area contributed by atoms with E-state index >= 15 is 0 Å². The number of benzene rings is 1. The molecule has 0 aliphatic rings. The maximum Gasteiger partial charge on any atom is 0.287 e. The largest absolute Gasteiger partial charge is 0.497 e. The highest BCUT2D eigenvalue weighted by Gasteiger charge is 2.04. The number of methoxy groups -OCH3 is 1. The predicted molar refractivity (Wildman–Crippen MR) is 75.1 cm³/mol. The Labute approximate surface area is 115 Å². The van der Waals surface area contributed by atoms with Crippen LogP contribution in [0.1, 0.15) is 5.56 Å². The van der Waals surface area contributed by atoms with Gasteiger partial charge in [-0.15, -0.1) is 0 Å². The molecule has 7 heteroatoms. The van der Waals surface area contributed by atoms with Gasteiger partial charge in [-0.25, -0.2) is 4.98 Å². The Hall–Kier alpha value is -2.96. The van der Waals surface area contributed by atoms with Gasteiger partial charge in [0.15, 0.2) is 0 Å². The first kappa shape index (κ1) is 13.5. The molecular weight excluding hydrogens is 260 g/mol. The number of hydrazone groups is 1. The standard InChI is InChI=1S/C13H12N4O3/c1-20-12-5-2-10(3-6-12)8-15-16-13-7-4-11(9-14-13)17(18)19/h2-9H,1H3,(H,14,16)/b15-8+. The molecule has 1 N–H and O–H groups in total. The van der Waals surface area contributed by atoms with Crippen LogP contribution in [0.3, 0.4) is 0 Å². The molecule has 0 unspecified atom stereocenters. The van der Waals surface area contributed by atoms with Crippen LogP contribution in [0.5, 0.6) is 5.75 Å². The number of nitrogens with zero attached hydrogens (tertiary/aromatic N) is 3. The molecule has 0 bridgehead atoms. The highest BCUT2D eigenvalue weighted by atomic mass is 16.6. The number of anilines is 1. The van der Waals surface area contributed by atoms with Crippen molar-refractivity contribution in [2.24, 2.45) is 5.10 Å². The van der Waals surface area contributed by atoms with Gasteiger partial charge in [0.25, 0.3) is 5.69 Å². The van der Waals surface area contributed by atoms with Crippen molar-refractivity contribution >= 4 is 17.7 Å². The average molecular weight is 272 g/mol. The lowest BCUT2D eigenvalue weighted by Gasteiger charge is -2.00. The fourth-order valence-electron chi connectivity index (χ4n) is 1.42. The van der Waals surface area contributed by atoms with Crippen molar-refractivity contribution in [3.05, 3.63) is 58.3 Å². The average Bonchev–Trinajstić information content (AvgIpc) is 2.48. The summed E-state index contributed by atoms with van der Waals surface area (Å²) in [7, 11) is 1.60. The van der Waals surface area contributed by atoms with Crippen molar-refractivity contribution in [1.82, 2.24) is 4.98 Å². The number of pyridine rings is 1. The summed E-state index contributed by atoms with van der Waals surface area (Å²) in [4.78, 5) is 13.8. The Morgan fingerprint density at radius 1 is 1.30 bits per heavy atom. The number of nitro groups is 1. The van der Waals surface area contributed by atoms with E-state index in [0.717, 1.165) is 11.3 Å². The lowest BCUT2D eigenvalue weighted by molar-refractivity contribution is -0.385. The molecule has 1 heterocycles. The highest BCUT2D eigenvalue weighted by molar-refractivity contribution is 5.80. The first-order valence-electron chi connectivity index (χ1n) is 5.72. The number of hydrogen-bond donors (Lipinski definition) is 1. The van der Waals surface area contributed by atoms with E-state index in [1.165, 1.54) is 18.3 Å². The summed E-state index contributed by atoms with van der Waals surface area (Å²) in [5.41, 5.74) is 3.52. The maximum atomic E-state index is 10.5. The van der Waals surface area contributed by atoms with Crippen LogP contribution in [0.15, 0.2) is 47.7 Å². The first-order chi connectivity index (χ1) is 9.69. The summed E-state index contributed by atoms with van der Waals surface area (Å²) in [5, 5.41) is 14.5. The summed E-state index contributed by atoms with van der Waals surface area (Å²) in [6.07, 6.45) is 2.79. The monoisotopic (exact) mass is 272 g/mol. The van der Waals surface area contributed by atoms with Gasteiger partial charge in [-0.1, -0.05) is 0 Å². The molecular formula is C13H12N4O3. The zero-order valence-electron chi connectivity index (χ0n) is 10.7. The van der Waals surface area contributed by atoms with Gasteiger partial charge in [0.2, 0.25) is 0 Å². The third kappa shape index (κ3) is 3.52. The van der Waals surface area contributed by atoms with Crippen LogP contribution >= 0.6 is 0 Å². The van der Waals surface area contributed by atoms with Crippen LogP contribution in [0, 0.1) is 10.1 Å². The van der Waals surface area contributed by atoms with Gasteiger partial charge in [0.1, 0.15) is 17.8 Å². The van der Waals surface area contributed by atoms with Crippen LogP contribution in [-0.4, -0.2) is 23.2 Å². The third-order valence-corrected chi connectivity index (χ3v) is 2.47. The predicted octanol–water partition coefficient (Wildman–Crippen LogP) is 2.44. The number of aromatic nitrogens is 1. The number of rotatable bonds is 5. The van der Waals surface area contributed by atoms with Crippen LogP contribution in [0.2, 0.25) is 0 Å². The molecule has 0 atom stereocenters. The summed E-state index contributed by atoms with van der Waals surface area (Å²) in [6.45, 7) is 0. The zero-order chi connectivity index (χ0) is 14.4. The van der Waals surface area contributed by atoms with E-state index in [-0.39, 0.29) is 5.69 Å². The second-order valence-electron chi connectivity index (χ2n) is 3.80. The van der Waals surface area contributed by atoms with Crippen molar-refractivity contribution in [2.45, 2.75) is 0 Å². The van der Waals surface area contributed by atoms with Crippen molar-refractivity contribution in [2.75, 3.05) is 12.5 Å². The van der Waals surface area contributed by atoms with Gasteiger partial charge in [-0.2, -0.15) is 5.10 Å². The molecule has 102 valence electrons. The summed E-state index contributed by atoms with van der Waals surface area (Å²) >= 11 is 0. The molecule has 0 radical (unpaired) electrons. The lowest BCUT2D eigenvalue weighted by Crippen LogP contribution is -1.95. The molecule has 20 heavy (non-hydrogen) atoms. The van der Waals surface area contributed by atoms with E-state index in [2.05, 4.69) is 15.5 Å². The highest BCUT2D eigenvalue weighted by Crippen LogP contribution is 2.12. The topological polar surface area (TPSA) is 89.6 Å².